The van der Waals surface area contributed by atoms with Gasteiger partial charge in [0.15, 0.2) is 0 Å². The second kappa shape index (κ2) is 9.10. The molecule has 0 saturated carbocycles. The number of carboxylic acid groups (broad SMARTS) is 1. The molecule has 1 fully saturated rings. The minimum absolute atomic E-state index is 0.100. The number of unbranched alkanes of at least 4 members (excludes halogenated alkanes) is 3. The molecule has 1 rings (SSSR count). The molecule has 0 aliphatic carbocycles. The fraction of sp³-hybridized carbons (Fsp3) is 0.857. The van der Waals surface area contributed by atoms with E-state index in [4.69, 9.17) is 5.11 Å². The average molecular weight is 302 g/mol. The first-order valence-corrected chi connectivity index (χ1v) is 8.59. The van der Waals surface area contributed by atoms with Gasteiger partial charge in [-0.1, -0.05) is 32.6 Å². The molecule has 2 unspecified atom stereocenters. The minimum atomic E-state index is -0.914. The second-order valence-electron chi connectivity index (χ2n) is 5.32. The summed E-state index contributed by atoms with van der Waals surface area (Å²) >= 11 is 1.59. The summed E-state index contributed by atoms with van der Waals surface area (Å²) in [6.45, 7) is 4.67. The normalized spacial score (nSPS) is 20.5. The number of aliphatic carboxylic acids is 1. The van der Waals surface area contributed by atoms with Crippen molar-refractivity contribution in [1.82, 2.24) is 10.2 Å². The van der Waals surface area contributed by atoms with Crippen molar-refractivity contribution in [3.63, 3.8) is 0 Å². The van der Waals surface area contributed by atoms with Crippen LogP contribution in [-0.2, 0) is 4.79 Å². The molecule has 116 valence electrons. The molecule has 1 aliphatic rings. The van der Waals surface area contributed by atoms with Crippen molar-refractivity contribution in [2.75, 3.05) is 18.1 Å². The highest BCUT2D eigenvalue weighted by molar-refractivity contribution is 7.99. The third-order valence-corrected chi connectivity index (χ3v) is 4.56. The number of carbonyl (C=O) groups is 2. The van der Waals surface area contributed by atoms with Crippen molar-refractivity contribution in [2.24, 2.45) is 0 Å². The molecule has 5 nitrogen and oxygen atoms in total. The quantitative estimate of drug-likeness (QED) is 0.709. The van der Waals surface area contributed by atoms with E-state index >= 15 is 0 Å². The lowest BCUT2D eigenvalue weighted by atomic mass is 10.1. The Kier molecular flexibility index (Phi) is 7.80. The van der Waals surface area contributed by atoms with E-state index in [1.54, 1.807) is 11.8 Å². The molecule has 2 N–H and O–H groups in total. The maximum atomic E-state index is 12.2. The molecule has 0 bridgehead atoms. The van der Waals surface area contributed by atoms with E-state index in [-0.39, 0.29) is 12.1 Å². The lowest BCUT2D eigenvalue weighted by Crippen LogP contribution is -2.55. The van der Waals surface area contributed by atoms with Crippen LogP contribution in [0.4, 0.5) is 4.79 Å². The van der Waals surface area contributed by atoms with Crippen LogP contribution in [0.3, 0.4) is 0 Å². The van der Waals surface area contributed by atoms with Gasteiger partial charge in [-0.3, -0.25) is 0 Å². The molecule has 0 spiro atoms. The number of carbonyl (C=O) groups excluding carboxylic acids is 1. The van der Waals surface area contributed by atoms with Crippen molar-refractivity contribution in [3.05, 3.63) is 0 Å². The van der Waals surface area contributed by atoms with Crippen molar-refractivity contribution in [2.45, 2.75) is 58.0 Å². The lowest BCUT2D eigenvalue weighted by molar-refractivity contribution is -0.141. The maximum Gasteiger partial charge on any atom is 0.327 e. The van der Waals surface area contributed by atoms with Crippen molar-refractivity contribution < 1.29 is 14.7 Å². The number of nitrogens with zero attached hydrogens (tertiary/aromatic N) is 1. The van der Waals surface area contributed by atoms with Gasteiger partial charge >= 0.3 is 12.0 Å². The Hall–Kier alpha value is -0.910. The standard InChI is InChI=1S/C14H26N2O3S/c1-3-4-5-6-7-11(2)15-14(19)16-8-9-20-10-12(16)13(17)18/h11-12H,3-10H2,1-2H3,(H,15,19)(H,17,18). The first-order valence-electron chi connectivity index (χ1n) is 7.44. The van der Waals surface area contributed by atoms with E-state index in [1.165, 1.54) is 24.2 Å². The van der Waals surface area contributed by atoms with E-state index in [0.29, 0.717) is 12.3 Å². The first-order chi connectivity index (χ1) is 9.56. The van der Waals surface area contributed by atoms with E-state index in [9.17, 15) is 9.59 Å². The molecular formula is C14H26N2O3S. The number of carboxylic acids is 1. The van der Waals surface area contributed by atoms with Crippen LogP contribution in [0.25, 0.3) is 0 Å². The van der Waals surface area contributed by atoms with Crippen LogP contribution in [0.5, 0.6) is 0 Å². The summed E-state index contributed by atoms with van der Waals surface area (Å²) in [6.07, 6.45) is 5.67. The zero-order valence-corrected chi connectivity index (χ0v) is 13.2. The number of amides is 2. The van der Waals surface area contributed by atoms with Crippen molar-refractivity contribution in [3.8, 4) is 0 Å². The molecule has 2 amide bonds. The lowest BCUT2D eigenvalue weighted by Gasteiger charge is -2.33. The Morgan fingerprint density at radius 1 is 1.40 bits per heavy atom. The highest BCUT2D eigenvalue weighted by atomic mass is 32.2. The molecule has 2 atom stereocenters. The molecule has 1 saturated heterocycles. The van der Waals surface area contributed by atoms with E-state index < -0.39 is 12.0 Å². The van der Waals surface area contributed by atoms with Gasteiger partial charge in [-0.15, -0.1) is 0 Å². The van der Waals surface area contributed by atoms with Crippen LogP contribution in [0.2, 0.25) is 0 Å². The van der Waals surface area contributed by atoms with Gasteiger partial charge in [-0.25, -0.2) is 9.59 Å². The van der Waals surface area contributed by atoms with Gasteiger partial charge in [-0.2, -0.15) is 11.8 Å². The Morgan fingerprint density at radius 2 is 2.15 bits per heavy atom. The number of urea groups is 1. The smallest absolute Gasteiger partial charge is 0.327 e. The largest absolute Gasteiger partial charge is 0.480 e. The van der Waals surface area contributed by atoms with Crippen LogP contribution in [-0.4, -0.2) is 52.1 Å². The molecule has 20 heavy (non-hydrogen) atoms. The molecule has 0 aromatic carbocycles. The van der Waals surface area contributed by atoms with Crippen LogP contribution in [0, 0.1) is 0 Å². The Labute approximate surface area is 125 Å². The number of hydrogen-bond donors (Lipinski definition) is 2. The summed E-state index contributed by atoms with van der Waals surface area (Å²) in [7, 11) is 0. The van der Waals surface area contributed by atoms with Crippen molar-refractivity contribution in [1.29, 1.82) is 0 Å². The fourth-order valence-electron chi connectivity index (χ4n) is 2.29. The van der Waals surface area contributed by atoms with Crippen LogP contribution in [0.1, 0.15) is 46.0 Å². The van der Waals surface area contributed by atoms with Crippen LogP contribution in [0.15, 0.2) is 0 Å². The number of hydrogen-bond acceptors (Lipinski definition) is 3. The van der Waals surface area contributed by atoms with Gasteiger partial charge in [-0.05, 0) is 13.3 Å². The Balaban J connectivity index is 2.37. The third kappa shape index (κ3) is 5.61. The molecule has 0 radical (unpaired) electrons. The van der Waals surface area contributed by atoms with Gasteiger partial charge in [0.1, 0.15) is 6.04 Å². The average Bonchev–Trinajstić information content (AvgIpc) is 2.43. The zero-order valence-electron chi connectivity index (χ0n) is 12.4. The Bertz CT molecular complexity index is 326. The zero-order chi connectivity index (χ0) is 15.0. The number of nitrogens with one attached hydrogen (secondary N) is 1. The SMILES string of the molecule is CCCCCCC(C)NC(=O)N1CCSCC1C(=O)O. The number of thioether (sulfide) groups is 1. The second-order valence-corrected chi connectivity index (χ2v) is 6.47. The molecule has 0 aromatic rings. The van der Waals surface area contributed by atoms with Crippen LogP contribution >= 0.6 is 11.8 Å². The monoisotopic (exact) mass is 302 g/mol. The highest BCUT2D eigenvalue weighted by Crippen LogP contribution is 2.17. The minimum Gasteiger partial charge on any atom is -0.480 e. The van der Waals surface area contributed by atoms with E-state index in [2.05, 4.69) is 12.2 Å². The van der Waals surface area contributed by atoms with Gasteiger partial charge < -0.3 is 15.3 Å². The summed E-state index contributed by atoms with van der Waals surface area (Å²) in [5.41, 5.74) is 0. The van der Waals surface area contributed by atoms with Gasteiger partial charge in [0.2, 0.25) is 0 Å². The summed E-state index contributed by atoms with van der Waals surface area (Å²) in [6, 6.07) is -0.829. The first kappa shape index (κ1) is 17.1. The molecule has 1 heterocycles. The topological polar surface area (TPSA) is 69.6 Å². The van der Waals surface area contributed by atoms with Gasteiger partial charge in [0.25, 0.3) is 0 Å². The predicted octanol–water partition coefficient (Wildman–Crippen LogP) is 2.56. The summed E-state index contributed by atoms with van der Waals surface area (Å²) < 4.78 is 0. The molecule has 6 heteroatoms. The highest BCUT2D eigenvalue weighted by Gasteiger charge is 2.32. The number of rotatable bonds is 7. The third-order valence-electron chi connectivity index (χ3n) is 3.53. The summed E-state index contributed by atoms with van der Waals surface area (Å²) in [5.74, 6) is 0.373. The Morgan fingerprint density at radius 3 is 2.80 bits per heavy atom. The predicted molar refractivity (Wildman–Crippen MR) is 82.2 cm³/mol. The molecule has 0 aromatic heterocycles. The summed E-state index contributed by atoms with van der Waals surface area (Å²) in [5, 5.41) is 12.1. The molecule has 1 aliphatic heterocycles. The van der Waals surface area contributed by atoms with E-state index in [0.717, 1.165) is 18.6 Å². The fourth-order valence-corrected chi connectivity index (χ4v) is 3.33. The maximum absolute atomic E-state index is 12.2. The van der Waals surface area contributed by atoms with Gasteiger partial charge in [0.05, 0.1) is 0 Å². The summed E-state index contributed by atoms with van der Waals surface area (Å²) in [4.78, 5) is 24.8. The van der Waals surface area contributed by atoms with Gasteiger partial charge in [0, 0.05) is 24.1 Å². The molecular weight excluding hydrogens is 276 g/mol. The van der Waals surface area contributed by atoms with E-state index in [1.807, 2.05) is 6.92 Å². The van der Waals surface area contributed by atoms with Crippen molar-refractivity contribution >= 4 is 23.8 Å². The van der Waals surface area contributed by atoms with Crippen LogP contribution < -0.4 is 5.32 Å².